The number of hydrogen-bond donors (Lipinski definition) is 2. The van der Waals surface area contributed by atoms with E-state index in [1.165, 1.54) is 0 Å². The largest absolute Gasteiger partial charge is 0.478 e. The zero-order valence-electron chi connectivity index (χ0n) is 22.1. The van der Waals surface area contributed by atoms with E-state index in [0.717, 1.165) is 0 Å². The molecule has 0 fully saturated rings. The molecule has 0 bridgehead atoms. The van der Waals surface area contributed by atoms with E-state index in [1.54, 1.807) is 0 Å². The van der Waals surface area contributed by atoms with Crippen molar-refractivity contribution >= 4 is 58.3 Å². The van der Waals surface area contributed by atoms with Crippen LogP contribution in [0.1, 0.15) is 43.0 Å². The fourth-order valence-electron chi connectivity index (χ4n) is 3.92. The molecule has 26 heteroatoms. The number of carboxylic acid groups (broad SMARTS) is 2. The molecule has 0 saturated heterocycles. The number of fused-ring (bicyclic) bond motifs is 2. The van der Waals surface area contributed by atoms with Crippen molar-refractivity contribution in [1.29, 1.82) is 0 Å². The first kappa shape index (κ1) is 41.0. The van der Waals surface area contributed by atoms with Crippen LogP contribution in [0.4, 0.5) is 70.2 Å². The van der Waals surface area contributed by atoms with Gasteiger partial charge < -0.3 is 10.2 Å². The van der Waals surface area contributed by atoms with Crippen molar-refractivity contribution in [2.45, 2.75) is 24.4 Å². The lowest BCUT2D eigenvalue weighted by atomic mass is 10.1. The fourth-order valence-corrected chi connectivity index (χ4v) is 4.99. The molecule has 0 spiro atoms. The van der Waals surface area contributed by atoms with Gasteiger partial charge in [-0.25, -0.2) is 54.2 Å². The van der Waals surface area contributed by atoms with E-state index in [-0.39, 0.29) is 0 Å². The summed E-state index contributed by atoms with van der Waals surface area (Å²) in [6.07, 6.45) is -18.5. The summed E-state index contributed by atoms with van der Waals surface area (Å²) < 4.78 is 212. The van der Waals surface area contributed by atoms with Crippen LogP contribution in [0.15, 0.2) is 0 Å². The first-order valence-corrected chi connectivity index (χ1v) is 13.0. The van der Waals surface area contributed by atoms with Crippen molar-refractivity contribution in [1.82, 2.24) is 0 Å². The standard InChI is InChI=1S/C8Cl4F4O.C8F8O.C8H2F4O4/c2*9-3-1-2(4(10)6(12)5(3)11)8(15,16)17-7(1,13)14;9-3-1(7(13)14)2(8(15)16)4(10)6(12)5(3)11/h;;(H,13,14)(H,15,16). The van der Waals surface area contributed by atoms with Gasteiger partial charge in [-0.15, -0.1) is 0 Å². The molecule has 50 heavy (non-hydrogen) atoms. The van der Waals surface area contributed by atoms with E-state index in [9.17, 15) is 79.8 Å². The molecule has 3 aromatic carbocycles. The molecule has 2 heterocycles. The molecule has 2 aliphatic rings. The second kappa shape index (κ2) is 13.3. The maximum Gasteiger partial charge on any atom is 0.391 e. The Morgan fingerprint density at radius 2 is 0.620 bits per heavy atom. The molecule has 6 nitrogen and oxygen atoms in total. The molecule has 0 atom stereocenters. The summed E-state index contributed by atoms with van der Waals surface area (Å²) in [7, 11) is 0. The number of carboxylic acids is 2. The summed E-state index contributed by atoms with van der Waals surface area (Å²) >= 11 is 21.9. The van der Waals surface area contributed by atoms with Gasteiger partial charge in [-0.05, 0) is 0 Å². The van der Waals surface area contributed by atoms with Crippen molar-refractivity contribution < 1.29 is 99.5 Å². The first-order valence-electron chi connectivity index (χ1n) is 11.5. The summed E-state index contributed by atoms with van der Waals surface area (Å²) in [6, 6.07) is 0. The average Bonchev–Trinajstić information content (AvgIpc) is 3.31. The Labute approximate surface area is 282 Å². The number of halogens is 20. The number of aromatic carboxylic acids is 2. The second-order valence-corrected chi connectivity index (χ2v) is 10.4. The van der Waals surface area contributed by atoms with Crippen LogP contribution in [0.25, 0.3) is 0 Å². The predicted octanol–water partition coefficient (Wildman–Crippen LogP) is 10.4. The molecular weight excluding hydrogens is 830 g/mol. The van der Waals surface area contributed by atoms with E-state index in [4.69, 9.17) is 56.6 Å². The van der Waals surface area contributed by atoms with Crippen molar-refractivity contribution in [3.63, 3.8) is 0 Å². The second-order valence-electron chi connectivity index (χ2n) is 8.90. The number of carbonyl (C=O) groups is 2. The fraction of sp³-hybridized carbons (Fsp3) is 0.167. The smallest absolute Gasteiger partial charge is 0.391 e. The number of rotatable bonds is 2. The van der Waals surface area contributed by atoms with Gasteiger partial charge >= 0.3 is 36.4 Å². The number of hydrogen-bond acceptors (Lipinski definition) is 4. The lowest BCUT2D eigenvalue weighted by Crippen LogP contribution is -2.18. The Kier molecular flexibility index (Phi) is 10.9. The third kappa shape index (κ3) is 6.67. The van der Waals surface area contributed by atoms with Crippen molar-refractivity contribution in [2.24, 2.45) is 0 Å². The van der Waals surface area contributed by atoms with Crippen LogP contribution in [-0.2, 0) is 33.9 Å². The maximum absolute atomic E-state index is 13.2. The van der Waals surface area contributed by atoms with Crippen molar-refractivity contribution in [3.05, 3.63) is 100 Å². The van der Waals surface area contributed by atoms with Gasteiger partial charge in [-0.2, -0.15) is 35.1 Å². The van der Waals surface area contributed by atoms with Crippen LogP contribution in [0, 0.1) is 46.5 Å². The minimum absolute atomic E-state index is 0.530. The molecule has 5 rings (SSSR count). The Hall–Kier alpha value is -3.44. The molecule has 2 aliphatic heterocycles. The van der Waals surface area contributed by atoms with Gasteiger partial charge in [-0.1, -0.05) is 46.4 Å². The van der Waals surface area contributed by atoms with Crippen LogP contribution in [0.2, 0.25) is 20.1 Å². The molecule has 3 aromatic rings. The Bertz CT molecular complexity index is 1750. The summed E-state index contributed by atoms with van der Waals surface area (Å²) in [5, 5.41) is 14.1. The predicted molar refractivity (Wildman–Crippen MR) is 131 cm³/mol. The highest BCUT2D eigenvalue weighted by molar-refractivity contribution is 6.52. The van der Waals surface area contributed by atoms with Gasteiger partial charge in [0.05, 0.1) is 31.2 Å². The zero-order chi connectivity index (χ0) is 39.0. The highest BCUT2D eigenvalue weighted by atomic mass is 35.5. The maximum atomic E-state index is 13.2. The molecule has 2 N–H and O–H groups in total. The highest BCUT2D eigenvalue weighted by Gasteiger charge is 2.62. The summed E-state index contributed by atoms with van der Waals surface area (Å²) in [5.41, 5.74) is -10.7. The monoisotopic (exact) mass is 830 g/mol. The van der Waals surface area contributed by atoms with Crippen LogP contribution < -0.4 is 0 Å². The molecule has 0 aliphatic carbocycles. The molecule has 0 amide bonds. The Balaban J connectivity index is 0.000000203. The summed E-state index contributed by atoms with van der Waals surface area (Å²) in [5.74, 6) is -24.1. The van der Waals surface area contributed by atoms with E-state index < -0.39 is 136 Å². The average molecular weight is 832 g/mol. The number of benzene rings is 3. The van der Waals surface area contributed by atoms with Crippen molar-refractivity contribution in [3.8, 4) is 0 Å². The topological polar surface area (TPSA) is 93.1 Å². The van der Waals surface area contributed by atoms with Gasteiger partial charge in [0.1, 0.15) is 22.3 Å². The molecule has 0 unspecified atom stereocenters. The number of ether oxygens (including phenoxy) is 2. The van der Waals surface area contributed by atoms with Crippen LogP contribution in [0.5, 0.6) is 0 Å². The van der Waals surface area contributed by atoms with Gasteiger partial charge in [0.2, 0.25) is 0 Å². The van der Waals surface area contributed by atoms with E-state index in [0.29, 0.717) is 0 Å². The van der Waals surface area contributed by atoms with Crippen LogP contribution in [-0.4, -0.2) is 22.2 Å². The first-order chi connectivity index (χ1) is 22.5. The van der Waals surface area contributed by atoms with E-state index in [1.807, 2.05) is 0 Å². The molecular formula is C24H2Cl4F16O6. The number of alkyl halides is 8. The third-order valence-electron chi connectivity index (χ3n) is 5.91. The van der Waals surface area contributed by atoms with Crippen molar-refractivity contribution in [2.75, 3.05) is 0 Å². The quantitative estimate of drug-likeness (QED) is 0.152. The van der Waals surface area contributed by atoms with Gasteiger partial charge in [0.25, 0.3) is 0 Å². The SMILES string of the molecule is FC1(F)OC(F)(F)c2c(Cl)c(Cl)c(Cl)c(Cl)c21.Fc1c(F)c(F)c2c(c1F)C(F)(F)OC2(F)F.O=C(O)c1c(F)c(F)c(F)c(F)c1C(=O)O. The Morgan fingerprint density at radius 3 is 0.860 bits per heavy atom. The molecule has 0 radical (unpaired) electrons. The minimum atomic E-state index is -4.95. The normalized spacial score (nSPS) is 17.2. The van der Waals surface area contributed by atoms with Gasteiger partial charge in [0, 0.05) is 0 Å². The molecule has 0 saturated carbocycles. The van der Waals surface area contributed by atoms with Crippen LogP contribution in [0.3, 0.4) is 0 Å². The molecule has 0 aromatic heterocycles. The van der Waals surface area contributed by atoms with Crippen LogP contribution >= 0.6 is 46.4 Å². The zero-order valence-corrected chi connectivity index (χ0v) is 25.1. The highest BCUT2D eigenvalue weighted by Crippen LogP contribution is 2.59. The van der Waals surface area contributed by atoms with Gasteiger partial charge in [-0.3, -0.25) is 0 Å². The Morgan fingerprint density at radius 1 is 0.400 bits per heavy atom. The summed E-state index contributed by atoms with van der Waals surface area (Å²) in [4.78, 5) is 20.8. The van der Waals surface area contributed by atoms with E-state index >= 15 is 0 Å². The molecule has 274 valence electrons. The lowest BCUT2D eigenvalue weighted by Gasteiger charge is -2.11. The summed E-state index contributed by atoms with van der Waals surface area (Å²) in [6.45, 7) is 0. The lowest BCUT2D eigenvalue weighted by molar-refractivity contribution is -0.371. The minimum Gasteiger partial charge on any atom is -0.478 e. The van der Waals surface area contributed by atoms with E-state index in [2.05, 4.69) is 9.47 Å². The third-order valence-corrected chi connectivity index (χ3v) is 7.71. The van der Waals surface area contributed by atoms with Gasteiger partial charge in [0.15, 0.2) is 46.5 Å².